The molecule has 0 amide bonds. The summed E-state index contributed by atoms with van der Waals surface area (Å²) in [5, 5.41) is 20.4. The highest BCUT2D eigenvalue weighted by molar-refractivity contribution is 5.66. The van der Waals surface area contributed by atoms with Crippen LogP contribution in [0.5, 0.6) is 0 Å². The molecule has 0 heterocycles. The van der Waals surface area contributed by atoms with Crippen molar-refractivity contribution < 1.29 is 15.0 Å². The molecule has 4 unspecified atom stereocenters. The second kappa shape index (κ2) is 5.01. The van der Waals surface area contributed by atoms with Crippen molar-refractivity contribution in [2.75, 3.05) is 0 Å². The minimum atomic E-state index is -0.720. The van der Waals surface area contributed by atoms with Crippen molar-refractivity contribution in [3.63, 3.8) is 0 Å². The third-order valence-electron chi connectivity index (χ3n) is 6.80. The summed E-state index contributed by atoms with van der Waals surface area (Å²) in [6.07, 6.45) is 6.04. The molecule has 0 saturated heterocycles. The second-order valence-corrected chi connectivity index (χ2v) is 8.09. The van der Waals surface area contributed by atoms with Gasteiger partial charge in [-0.1, -0.05) is 34.1 Å². The van der Waals surface area contributed by atoms with Crippen LogP contribution in [0, 0.1) is 22.7 Å². The predicted octanol–water partition coefficient (Wildman–Crippen LogP) is 3.84. The number of rotatable bonds is 3. The van der Waals surface area contributed by atoms with Gasteiger partial charge in [0.05, 0.1) is 5.60 Å². The van der Waals surface area contributed by atoms with Gasteiger partial charge in [-0.15, -0.1) is 0 Å². The lowest BCUT2D eigenvalue weighted by Crippen LogP contribution is -2.62. The summed E-state index contributed by atoms with van der Waals surface area (Å²) < 4.78 is 0. The van der Waals surface area contributed by atoms with Crippen molar-refractivity contribution in [2.45, 2.75) is 78.2 Å². The Labute approximate surface area is 122 Å². The third kappa shape index (κ3) is 2.28. The van der Waals surface area contributed by atoms with Crippen LogP contribution in [0.1, 0.15) is 72.6 Å². The molecule has 20 heavy (non-hydrogen) atoms. The van der Waals surface area contributed by atoms with Gasteiger partial charge < -0.3 is 10.2 Å². The zero-order valence-corrected chi connectivity index (χ0v) is 13.4. The molecule has 116 valence electrons. The van der Waals surface area contributed by atoms with E-state index in [4.69, 9.17) is 5.11 Å². The van der Waals surface area contributed by atoms with Gasteiger partial charge >= 0.3 is 5.97 Å². The molecule has 2 saturated carbocycles. The highest BCUT2D eigenvalue weighted by Crippen LogP contribution is 2.62. The number of fused-ring (bicyclic) bond motifs is 1. The van der Waals surface area contributed by atoms with Crippen molar-refractivity contribution in [3.8, 4) is 0 Å². The fourth-order valence-electron chi connectivity index (χ4n) is 4.97. The number of hydrogen-bond acceptors (Lipinski definition) is 2. The van der Waals surface area contributed by atoms with Gasteiger partial charge in [-0.2, -0.15) is 0 Å². The van der Waals surface area contributed by atoms with Crippen molar-refractivity contribution in [1.82, 2.24) is 0 Å². The maximum Gasteiger partial charge on any atom is 0.303 e. The highest BCUT2D eigenvalue weighted by atomic mass is 16.4. The van der Waals surface area contributed by atoms with Gasteiger partial charge in [0, 0.05) is 6.42 Å². The van der Waals surface area contributed by atoms with Crippen LogP contribution in [0.4, 0.5) is 0 Å². The van der Waals surface area contributed by atoms with Crippen LogP contribution in [-0.4, -0.2) is 21.8 Å². The number of aliphatic carboxylic acids is 1. The Balaban J connectivity index is 2.32. The molecule has 0 aromatic carbocycles. The van der Waals surface area contributed by atoms with E-state index in [1.165, 1.54) is 0 Å². The van der Waals surface area contributed by atoms with Crippen molar-refractivity contribution in [2.24, 2.45) is 22.7 Å². The molecule has 0 radical (unpaired) electrons. The summed E-state index contributed by atoms with van der Waals surface area (Å²) in [7, 11) is 0. The Bertz CT molecular complexity index is 390. The number of carboxylic acid groups (broad SMARTS) is 1. The molecule has 3 nitrogen and oxygen atoms in total. The van der Waals surface area contributed by atoms with Crippen molar-refractivity contribution in [3.05, 3.63) is 0 Å². The van der Waals surface area contributed by atoms with E-state index in [1.807, 2.05) is 0 Å². The van der Waals surface area contributed by atoms with E-state index >= 15 is 0 Å². The van der Waals surface area contributed by atoms with Gasteiger partial charge in [0.15, 0.2) is 0 Å². The zero-order valence-electron chi connectivity index (χ0n) is 13.4. The van der Waals surface area contributed by atoms with Gasteiger partial charge in [-0.05, 0) is 54.8 Å². The quantitative estimate of drug-likeness (QED) is 0.826. The molecule has 4 atom stereocenters. The predicted molar refractivity (Wildman–Crippen MR) is 79.4 cm³/mol. The molecular weight excluding hydrogens is 252 g/mol. The Morgan fingerprint density at radius 1 is 1.20 bits per heavy atom. The van der Waals surface area contributed by atoms with Crippen molar-refractivity contribution >= 4 is 5.97 Å². The van der Waals surface area contributed by atoms with E-state index in [1.54, 1.807) is 0 Å². The van der Waals surface area contributed by atoms with Gasteiger partial charge in [0.25, 0.3) is 0 Å². The Kier molecular flexibility index (Phi) is 3.96. The maximum absolute atomic E-state index is 11.4. The first-order valence-electron chi connectivity index (χ1n) is 8.08. The fourth-order valence-corrected chi connectivity index (χ4v) is 4.97. The summed E-state index contributed by atoms with van der Waals surface area (Å²) in [5.74, 6) is 0.00508. The summed E-state index contributed by atoms with van der Waals surface area (Å²) in [6.45, 7) is 8.83. The molecule has 0 spiro atoms. The molecule has 0 aromatic rings. The highest BCUT2D eigenvalue weighted by Gasteiger charge is 2.60. The molecule has 0 aliphatic heterocycles. The average molecular weight is 282 g/mol. The molecule has 2 fully saturated rings. The summed E-state index contributed by atoms with van der Waals surface area (Å²) in [5.41, 5.74) is -0.728. The van der Waals surface area contributed by atoms with Crippen molar-refractivity contribution in [1.29, 1.82) is 0 Å². The molecule has 2 N–H and O–H groups in total. The van der Waals surface area contributed by atoms with Gasteiger partial charge in [0.1, 0.15) is 0 Å². The zero-order chi connectivity index (χ0) is 15.2. The van der Waals surface area contributed by atoms with Crippen LogP contribution < -0.4 is 0 Å². The lowest BCUT2D eigenvalue weighted by Gasteiger charge is -2.62. The summed E-state index contributed by atoms with van der Waals surface area (Å²) in [4.78, 5) is 11.0. The molecule has 2 aliphatic carbocycles. The standard InChI is InChI=1S/C17H30O3/c1-12-7-11-17(20)13(6-5-9-15(17,2)3)16(12,4)10-8-14(18)19/h12-13,20H,5-11H2,1-4H3,(H,18,19). The normalized spacial score (nSPS) is 43.9. The Morgan fingerprint density at radius 2 is 1.85 bits per heavy atom. The number of carbonyl (C=O) groups is 1. The van der Waals surface area contributed by atoms with Crippen LogP contribution in [0.25, 0.3) is 0 Å². The third-order valence-corrected chi connectivity index (χ3v) is 6.80. The van der Waals surface area contributed by atoms with Crippen LogP contribution in [0.15, 0.2) is 0 Å². The first-order valence-corrected chi connectivity index (χ1v) is 8.08. The first-order chi connectivity index (χ1) is 9.13. The van der Waals surface area contributed by atoms with Crippen LogP contribution in [-0.2, 0) is 4.79 Å². The molecule has 0 aromatic heterocycles. The number of carboxylic acids is 1. The molecule has 2 rings (SSSR count). The van der Waals surface area contributed by atoms with Gasteiger partial charge in [-0.3, -0.25) is 4.79 Å². The van der Waals surface area contributed by atoms with E-state index in [0.29, 0.717) is 12.3 Å². The first kappa shape index (κ1) is 15.8. The van der Waals surface area contributed by atoms with E-state index in [0.717, 1.165) is 32.1 Å². The lowest BCUT2D eigenvalue weighted by atomic mass is 9.45. The molecule has 3 heteroatoms. The minimum absolute atomic E-state index is 0.0525. The largest absolute Gasteiger partial charge is 0.481 e. The molecule has 0 bridgehead atoms. The van der Waals surface area contributed by atoms with Gasteiger partial charge in [-0.25, -0.2) is 0 Å². The molecule has 2 aliphatic rings. The smallest absolute Gasteiger partial charge is 0.303 e. The summed E-state index contributed by atoms with van der Waals surface area (Å²) in [6, 6.07) is 0. The monoisotopic (exact) mass is 282 g/mol. The van der Waals surface area contributed by atoms with Crippen LogP contribution in [0.3, 0.4) is 0 Å². The topological polar surface area (TPSA) is 57.5 Å². The lowest BCUT2D eigenvalue weighted by molar-refractivity contribution is -0.213. The van der Waals surface area contributed by atoms with Crippen LogP contribution in [0.2, 0.25) is 0 Å². The molecular formula is C17H30O3. The van der Waals surface area contributed by atoms with Gasteiger partial charge in [0.2, 0.25) is 0 Å². The van der Waals surface area contributed by atoms with E-state index in [2.05, 4.69) is 27.7 Å². The fraction of sp³-hybridized carbons (Fsp3) is 0.941. The van der Waals surface area contributed by atoms with Crippen LogP contribution >= 0.6 is 0 Å². The Morgan fingerprint density at radius 3 is 2.45 bits per heavy atom. The Hall–Kier alpha value is -0.570. The number of aliphatic hydroxyl groups is 1. The van der Waals surface area contributed by atoms with E-state index in [9.17, 15) is 9.90 Å². The summed E-state index contributed by atoms with van der Waals surface area (Å²) >= 11 is 0. The average Bonchev–Trinajstić information content (AvgIpc) is 2.35. The SMILES string of the molecule is CC1CCC2(O)C(CCCC2(C)C)C1(C)CCC(=O)O. The second-order valence-electron chi connectivity index (χ2n) is 8.09. The van der Waals surface area contributed by atoms with E-state index in [-0.39, 0.29) is 23.2 Å². The maximum atomic E-state index is 11.4. The minimum Gasteiger partial charge on any atom is -0.481 e. The van der Waals surface area contributed by atoms with E-state index < -0.39 is 11.6 Å². The number of hydrogen-bond donors (Lipinski definition) is 2.